The van der Waals surface area contributed by atoms with Crippen LogP contribution in [0.3, 0.4) is 0 Å². The summed E-state index contributed by atoms with van der Waals surface area (Å²) in [6, 6.07) is 10.4. The van der Waals surface area contributed by atoms with Crippen LogP contribution in [-0.4, -0.2) is 71.5 Å². The molecular weight excluding hydrogens is 430 g/mol. The van der Waals surface area contributed by atoms with Crippen molar-refractivity contribution in [2.75, 3.05) is 26.7 Å². The van der Waals surface area contributed by atoms with Crippen molar-refractivity contribution in [1.82, 2.24) is 15.5 Å². The fourth-order valence-corrected chi connectivity index (χ4v) is 3.92. The van der Waals surface area contributed by atoms with Gasteiger partial charge in [-0.1, -0.05) is 44.2 Å². The predicted octanol–water partition coefficient (Wildman–Crippen LogP) is 3.86. The lowest BCUT2D eigenvalue weighted by Gasteiger charge is -2.39. The maximum absolute atomic E-state index is 9.94. The first kappa shape index (κ1) is 30.7. The number of benzene rings is 1. The summed E-state index contributed by atoms with van der Waals surface area (Å²) in [6.45, 7) is 13.6. The molecule has 0 amide bonds. The highest BCUT2D eigenvalue weighted by molar-refractivity contribution is 5.57. The van der Waals surface area contributed by atoms with Crippen LogP contribution in [0.4, 0.5) is 0 Å². The van der Waals surface area contributed by atoms with Crippen LogP contribution in [0.15, 0.2) is 30.3 Å². The molecule has 0 bridgehead atoms. The third kappa shape index (κ3) is 14.8. The minimum Gasteiger partial charge on any atom is -0.391 e. The molecule has 1 aromatic carbocycles. The number of carbonyl (C=O) groups is 1. The van der Waals surface area contributed by atoms with Gasteiger partial charge in [-0.25, -0.2) is 4.89 Å². The molecule has 2 heterocycles. The third-order valence-electron chi connectivity index (χ3n) is 5.82. The SMILES string of the molecule is CC(C)(C)O.CC(C)CC1CNC2(CC2)CN1C.O=CC1CCCN1.OOCc1ccccc1. The highest BCUT2D eigenvalue weighted by Crippen LogP contribution is 2.38. The van der Waals surface area contributed by atoms with Gasteiger partial charge in [0.1, 0.15) is 12.9 Å². The van der Waals surface area contributed by atoms with E-state index in [1.165, 1.54) is 32.4 Å². The van der Waals surface area contributed by atoms with Crippen LogP contribution in [-0.2, 0) is 16.3 Å². The average Bonchev–Trinajstić information content (AvgIpc) is 3.28. The molecule has 0 aromatic heterocycles. The Labute approximate surface area is 207 Å². The zero-order chi connectivity index (χ0) is 25.6. The van der Waals surface area contributed by atoms with Crippen LogP contribution < -0.4 is 10.6 Å². The van der Waals surface area contributed by atoms with E-state index in [0.29, 0.717) is 5.54 Å². The van der Waals surface area contributed by atoms with Gasteiger partial charge in [-0.2, -0.15) is 0 Å². The average molecular weight is 480 g/mol. The molecule has 3 aliphatic rings. The van der Waals surface area contributed by atoms with E-state index in [4.69, 9.17) is 10.4 Å². The number of aliphatic hydroxyl groups is 1. The van der Waals surface area contributed by atoms with E-state index in [0.717, 1.165) is 43.2 Å². The largest absolute Gasteiger partial charge is 0.391 e. The molecule has 2 aliphatic heterocycles. The van der Waals surface area contributed by atoms with Crippen molar-refractivity contribution in [3.05, 3.63) is 35.9 Å². The van der Waals surface area contributed by atoms with Gasteiger partial charge in [0, 0.05) is 24.7 Å². The Morgan fingerprint density at radius 1 is 1.24 bits per heavy atom. The van der Waals surface area contributed by atoms with Crippen molar-refractivity contribution in [3.8, 4) is 0 Å². The maximum atomic E-state index is 9.94. The second kappa shape index (κ2) is 15.6. The van der Waals surface area contributed by atoms with Crippen LogP contribution >= 0.6 is 0 Å². The quantitative estimate of drug-likeness (QED) is 0.289. The number of aldehydes is 1. The zero-order valence-corrected chi connectivity index (χ0v) is 22.2. The van der Waals surface area contributed by atoms with Gasteiger partial charge in [-0.3, -0.25) is 5.26 Å². The molecule has 2 saturated heterocycles. The number of nitrogens with one attached hydrogen (secondary N) is 2. The number of likely N-dealkylation sites (N-methyl/N-ethyl adjacent to an activating group) is 1. The number of piperazine rings is 1. The van der Waals surface area contributed by atoms with Crippen molar-refractivity contribution >= 4 is 6.29 Å². The predicted molar refractivity (Wildman–Crippen MR) is 139 cm³/mol. The van der Waals surface area contributed by atoms with Crippen LogP contribution in [0.1, 0.15) is 72.3 Å². The molecule has 3 fully saturated rings. The van der Waals surface area contributed by atoms with Crippen LogP contribution in [0.25, 0.3) is 0 Å². The van der Waals surface area contributed by atoms with Crippen molar-refractivity contribution in [1.29, 1.82) is 0 Å². The van der Waals surface area contributed by atoms with Gasteiger partial charge < -0.3 is 25.4 Å². The van der Waals surface area contributed by atoms with Crippen molar-refractivity contribution in [2.45, 2.75) is 96.6 Å². The first-order valence-electron chi connectivity index (χ1n) is 12.6. The Morgan fingerprint density at radius 3 is 2.24 bits per heavy atom. The summed E-state index contributed by atoms with van der Waals surface area (Å²) in [7, 11) is 2.29. The van der Waals surface area contributed by atoms with Gasteiger partial charge in [0.05, 0.1) is 11.6 Å². The number of rotatable bonds is 5. The summed E-state index contributed by atoms with van der Waals surface area (Å²) < 4.78 is 0. The molecule has 2 atom stereocenters. The molecule has 7 nitrogen and oxygen atoms in total. The Balaban J connectivity index is 0.000000242. The van der Waals surface area contributed by atoms with Crippen molar-refractivity contribution < 1.29 is 20.0 Å². The Morgan fingerprint density at radius 2 is 1.85 bits per heavy atom. The summed E-state index contributed by atoms with van der Waals surface area (Å²) >= 11 is 0. The van der Waals surface area contributed by atoms with Crippen LogP contribution in [0.2, 0.25) is 0 Å². The minimum absolute atomic E-state index is 0.167. The Hall–Kier alpha value is -1.35. The molecule has 1 spiro atoms. The minimum atomic E-state index is -0.500. The standard InChI is InChI=1S/C11H22N2.C7H8O2.C5H9NO.C4H10O/c1-9(2)6-10-7-12-11(4-5-11)8-13(10)3;8-9-6-7-4-2-1-3-5-7;7-4-5-2-1-3-6-5;1-4(2,3)5/h9-10,12H,4-8H2,1-3H3;1-5,8H,6H2;4-6H,1-3H2;5H,1-3H3. The smallest absolute Gasteiger partial charge is 0.136 e. The van der Waals surface area contributed by atoms with Gasteiger partial charge in [-0.15, -0.1) is 0 Å². The number of carbonyl (C=O) groups excluding carboxylic acids is 1. The molecule has 1 aliphatic carbocycles. The monoisotopic (exact) mass is 479 g/mol. The lowest BCUT2D eigenvalue weighted by atomic mass is 9.99. The van der Waals surface area contributed by atoms with E-state index in [9.17, 15) is 4.79 Å². The molecule has 2 unspecified atom stereocenters. The van der Waals surface area contributed by atoms with E-state index in [1.807, 2.05) is 30.3 Å². The molecule has 0 radical (unpaired) electrons. The maximum Gasteiger partial charge on any atom is 0.136 e. The molecule has 4 N–H and O–H groups in total. The summed E-state index contributed by atoms with van der Waals surface area (Å²) in [5.74, 6) is 0.822. The van der Waals surface area contributed by atoms with E-state index < -0.39 is 5.60 Å². The topological polar surface area (TPSA) is 94.1 Å². The second-order valence-electron chi connectivity index (χ2n) is 11.1. The second-order valence-corrected chi connectivity index (χ2v) is 11.1. The normalized spacial score (nSPS) is 23.1. The van der Waals surface area contributed by atoms with Crippen LogP contribution in [0, 0.1) is 5.92 Å². The Bertz CT molecular complexity index is 648. The fourth-order valence-electron chi connectivity index (χ4n) is 3.92. The van der Waals surface area contributed by atoms with Crippen LogP contribution in [0.5, 0.6) is 0 Å². The van der Waals surface area contributed by atoms with E-state index in [2.05, 4.69) is 41.3 Å². The van der Waals surface area contributed by atoms with Gasteiger partial charge in [0.2, 0.25) is 0 Å². The zero-order valence-electron chi connectivity index (χ0n) is 22.2. The lowest BCUT2D eigenvalue weighted by molar-refractivity contribution is -0.253. The molecule has 34 heavy (non-hydrogen) atoms. The Kier molecular flexibility index (Phi) is 14.1. The molecule has 4 rings (SSSR count). The first-order valence-corrected chi connectivity index (χ1v) is 12.6. The fraction of sp³-hybridized carbons (Fsp3) is 0.741. The van der Waals surface area contributed by atoms with Crippen molar-refractivity contribution in [3.63, 3.8) is 0 Å². The number of hydrogen-bond acceptors (Lipinski definition) is 7. The van der Waals surface area contributed by atoms with E-state index in [1.54, 1.807) is 20.8 Å². The van der Waals surface area contributed by atoms with Gasteiger partial charge >= 0.3 is 0 Å². The van der Waals surface area contributed by atoms with Gasteiger partial charge in [-0.05, 0) is 77.9 Å². The van der Waals surface area contributed by atoms with Crippen molar-refractivity contribution in [2.24, 2.45) is 5.92 Å². The van der Waals surface area contributed by atoms with E-state index >= 15 is 0 Å². The number of nitrogens with zero attached hydrogens (tertiary/aromatic N) is 1. The molecular formula is C27H49N3O4. The molecule has 1 aromatic rings. The highest BCUT2D eigenvalue weighted by Gasteiger charge is 2.46. The summed E-state index contributed by atoms with van der Waals surface area (Å²) in [4.78, 5) is 16.4. The first-order chi connectivity index (χ1) is 16.0. The van der Waals surface area contributed by atoms with Gasteiger partial charge in [0.25, 0.3) is 0 Å². The van der Waals surface area contributed by atoms with Gasteiger partial charge in [0.15, 0.2) is 0 Å². The molecule has 7 heteroatoms. The summed E-state index contributed by atoms with van der Waals surface area (Å²) in [5, 5.41) is 23.3. The summed E-state index contributed by atoms with van der Waals surface area (Å²) in [6.07, 6.45) is 7.29. The highest BCUT2D eigenvalue weighted by atomic mass is 17.1. The lowest BCUT2D eigenvalue weighted by Crippen LogP contribution is -2.56. The summed E-state index contributed by atoms with van der Waals surface area (Å²) in [5.41, 5.74) is 1.02. The molecule has 196 valence electrons. The number of hydrogen-bond donors (Lipinski definition) is 4. The van der Waals surface area contributed by atoms with E-state index in [-0.39, 0.29) is 12.6 Å². The molecule has 1 saturated carbocycles. The third-order valence-corrected chi connectivity index (χ3v) is 5.82.